The predicted molar refractivity (Wildman–Crippen MR) is 59.8 cm³/mol. The number of rotatable bonds is 3. The second-order valence-corrected chi connectivity index (χ2v) is 3.75. The Kier molecular flexibility index (Phi) is 2.91. The average Bonchev–Trinajstić information content (AvgIpc) is 2.56. The summed E-state index contributed by atoms with van der Waals surface area (Å²) in [6.45, 7) is 2.67. The lowest BCUT2D eigenvalue weighted by atomic mass is 10.2. The van der Waals surface area contributed by atoms with Gasteiger partial charge in [-0.2, -0.15) is 5.10 Å². The van der Waals surface area contributed by atoms with Crippen molar-refractivity contribution in [1.29, 1.82) is 0 Å². The van der Waals surface area contributed by atoms with Gasteiger partial charge in [0.15, 0.2) is 0 Å². The largest absolute Gasteiger partial charge is 0.263 e. The van der Waals surface area contributed by atoms with E-state index in [4.69, 9.17) is 11.6 Å². The van der Waals surface area contributed by atoms with Crippen LogP contribution in [-0.4, -0.2) is 15.7 Å². The van der Waals surface area contributed by atoms with Crippen LogP contribution in [0.1, 0.15) is 12.6 Å². The number of hydrogen-bond donors (Lipinski definition) is 0. The molecule has 0 fully saturated rings. The molecule has 0 aliphatic heterocycles. The summed E-state index contributed by atoms with van der Waals surface area (Å²) >= 11 is 5.69. The molecule has 0 aliphatic rings. The number of aryl methyl sites for hydroxylation is 2. The summed E-state index contributed by atoms with van der Waals surface area (Å²) in [5, 5.41) is 5.30. The van der Waals surface area contributed by atoms with Gasteiger partial charge in [0.2, 0.25) is 0 Å². The Bertz CT molecular complexity index is 479. The Labute approximate surface area is 92.6 Å². The lowest BCUT2D eigenvalue weighted by Crippen LogP contribution is -2.01. The molecular weight excluding hydrogens is 215 g/mol. The molecule has 80 valence electrons. The molecule has 2 rings (SSSR count). The predicted octanol–water partition coefficient (Wildman–Crippen LogP) is 2.98. The molecule has 0 N–H and O–H groups in total. The normalized spacial score (nSPS) is 11.1. The van der Waals surface area contributed by atoms with Crippen LogP contribution >= 0.6 is 11.6 Å². The van der Waals surface area contributed by atoms with Gasteiger partial charge in [0.05, 0.1) is 17.8 Å². The highest BCUT2D eigenvalue weighted by Gasteiger charge is 2.09. The third kappa shape index (κ3) is 1.84. The van der Waals surface area contributed by atoms with E-state index in [1.54, 1.807) is 6.07 Å². The number of nitrogens with zero attached hydrogens (tertiary/aromatic N) is 2. The summed E-state index contributed by atoms with van der Waals surface area (Å²) in [7, 11) is 0. The first-order chi connectivity index (χ1) is 7.26. The molecule has 2 nitrogen and oxygen atoms in total. The Morgan fingerprint density at radius 3 is 2.93 bits per heavy atom. The van der Waals surface area contributed by atoms with E-state index in [0.29, 0.717) is 12.4 Å². The fraction of sp³-hybridized carbons (Fsp3) is 0.364. The number of benzene rings is 1. The van der Waals surface area contributed by atoms with Crippen molar-refractivity contribution in [2.45, 2.75) is 19.9 Å². The van der Waals surface area contributed by atoms with E-state index < -0.39 is 0 Å². The minimum atomic E-state index is -0.220. The van der Waals surface area contributed by atoms with Gasteiger partial charge < -0.3 is 0 Å². The van der Waals surface area contributed by atoms with Crippen LogP contribution in [0.2, 0.25) is 0 Å². The maximum absolute atomic E-state index is 13.1. The van der Waals surface area contributed by atoms with Gasteiger partial charge in [-0.05, 0) is 24.6 Å². The monoisotopic (exact) mass is 226 g/mol. The zero-order valence-electron chi connectivity index (χ0n) is 8.50. The van der Waals surface area contributed by atoms with Crippen molar-refractivity contribution >= 4 is 22.5 Å². The van der Waals surface area contributed by atoms with E-state index in [0.717, 1.165) is 23.0 Å². The summed E-state index contributed by atoms with van der Waals surface area (Å²) in [6, 6.07) is 4.74. The van der Waals surface area contributed by atoms with Gasteiger partial charge >= 0.3 is 0 Å². The van der Waals surface area contributed by atoms with Crippen LogP contribution in [-0.2, 0) is 13.0 Å². The van der Waals surface area contributed by atoms with Crippen LogP contribution in [0.15, 0.2) is 18.2 Å². The Morgan fingerprint density at radius 1 is 1.47 bits per heavy atom. The number of aromatic nitrogens is 2. The van der Waals surface area contributed by atoms with E-state index in [1.165, 1.54) is 12.1 Å². The van der Waals surface area contributed by atoms with E-state index in [1.807, 2.05) is 11.6 Å². The van der Waals surface area contributed by atoms with Crippen molar-refractivity contribution < 1.29 is 4.39 Å². The van der Waals surface area contributed by atoms with Gasteiger partial charge in [0, 0.05) is 11.3 Å². The molecule has 1 aromatic heterocycles. The minimum absolute atomic E-state index is 0.220. The highest BCUT2D eigenvalue weighted by Crippen LogP contribution is 2.20. The van der Waals surface area contributed by atoms with Crippen LogP contribution in [0.4, 0.5) is 4.39 Å². The molecular formula is C11H12ClFN2. The van der Waals surface area contributed by atoms with Crippen molar-refractivity contribution in [1.82, 2.24) is 9.78 Å². The highest BCUT2D eigenvalue weighted by atomic mass is 35.5. The van der Waals surface area contributed by atoms with Gasteiger partial charge in [-0.25, -0.2) is 4.39 Å². The van der Waals surface area contributed by atoms with Crippen LogP contribution in [0, 0.1) is 5.82 Å². The SMILES string of the molecule is CCc1nn(CCCl)c2ccc(F)cc12. The van der Waals surface area contributed by atoms with Crippen molar-refractivity contribution in [2.75, 3.05) is 5.88 Å². The van der Waals surface area contributed by atoms with Gasteiger partial charge in [-0.15, -0.1) is 11.6 Å². The van der Waals surface area contributed by atoms with E-state index in [2.05, 4.69) is 5.10 Å². The molecule has 0 bridgehead atoms. The first-order valence-corrected chi connectivity index (χ1v) is 5.50. The summed E-state index contributed by atoms with van der Waals surface area (Å²) < 4.78 is 14.9. The molecule has 0 aliphatic carbocycles. The fourth-order valence-electron chi connectivity index (χ4n) is 1.73. The van der Waals surface area contributed by atoms with Crippen LogP contribution in [0.25, 0.3) is 10.9 Å². The van der Waals surface area contributed by atoms with Crippen molar-refractivity contribution in [2.24, 2.45) is 0 Å². The van der Waals surface area contributed by atoms with Crippen LogP contribution in [0.5, 0.6) is 0 Å². The first kappa shape index (κ1) is 10.4. The van der Waals surface area contributed by atoms with E-state index in [-0.39, 0.29) is 5.82 Å². The third-order valence-electron chi connectivity index (χ3n) is 2.42. The molecule has 0 atom stereocenters. The van der Waals surface area contributed by atoms with E-state index in [9.17, 15) is 4.39 Å². The first-order valence-electron chi connectivity index (χ1n) is 4.97. The van der Waals surface area contributed by atoms with Crippen molar-refractivity contribution in [3.05, 3.63) is 29.7 Å². The lowest BCUT2D eigenvalue weighted by molar-refractivity contribution is 0.629. The lowest BCUT2D eigenvalue weighted by Gasteiger charge is -1.98. The Hall–Kier alpha value is -1.09. The van der Waals surface area contributed by atoms with Gasteiger partial charge in [-0.1, -0.05) is 6.92 Å². The topological polar surface area (TPSA) is 17.8 Å². The van der Waals surface area contributed by atoms with Crippen LogP contribution in [0.3, 0.4) is 0 Å². The second-order valence-electron chi connectivity index (χ2n) is 3.37. The molecule has 0 saturated carbocycles. The average molecular weight is 227 g/mol. The molecule has 1 heterocycles. The molecule has 15 heavy (non-hydrogen) atoms. The minimum Gasteiger partial charge on any atom is -0.263 e. The summed E-state index contributed by atoms with van der Waals surface area (Å²) in [5.41, 5.74) is 1.88. The second kappa shape index (κ2) is 4.19. The van der Waals surface area contributed by atoms with Gasteiger partial charge in [0.25, 0.3) is 0 Å². The Morgan fingerprint density at radius 2 is 2.27 bits per heavy atom. The highest BCUT2D eigenvalue weighted by molar-refractivity contribution is 6.17. The molecule has 0 spiro atoms. The molecule has 1 aromatic carbocycles. The summed E-state index contributed by atoms with van der Waals surface area (Å²) in [6.07, 6.45) is 0.801. The number of halogens is 2. The van der Waals surface area contributed by atoms with Gasteiger partial charge in [0.1, 0.15) is 5.82 Å². The van der Waals surface area contributed by atoms with Crippen molar-refractivity contribution in [3.63, 3.8) is 0 Å². The van der Waals surface area contributed by atoms with Crippen LogP contribution < -0.4 is 0 Å². The van der Waals surface area contributed by atoms with Crippen molar-refractivity contribution in [3.8, 4) is 0 Å². The summed E-state index contributed by atoms with van der Waals surface area (Å²) in [4.78, 5) is 0. The Balaban J connectivity index is 2.64. The molecule has 0 saturated heterocycles. The van der Waals surface area contributed by atoms with E-state index >= 15 is 0 Å². The molecule has 0 unspecified atom stereocenters. The standard InChI is InChI=1S/C11H12ClFN2/c1-2-10-9-7-8(13)3-4-11(9)15(14-10)6-5-12/h3-4,7H,2,5-6H2,1H3. The molecule has 0 radical (unpaired) electrons. The molecule has 0 amide bonds. The zero-order valence-corrected chi connectivity index (χ0v) is 9.26. The fourth-order valence-corrected chi connectivity index (χ4v) is 1.89. The number of fused-ring (bicyclic) bond motifs is 1. The maximum Gasteiger partial charge on any atom is 0.124 e. The maximum atomic E-state index is 13.1. The molecule has 2 aromatic rings. The smallest absolute Gasteiger partial charge is 0.124 e. The third-order valence-corrected chi connectivity index (χ3v) is 2.59. The molecule has 4 heteroatoms. The number of hydrogen-bond acceptors (Lipinski definition) is 1. The number of alkyl halides is 1. The quantitative estimate of drug-likeness (QED) is 0.736. The van der Waals surface area contributed by atoms with Gasteiger partial charge in [-0.3, -0.25) is 4.68 Å². The zero-order chi connectivity index (χ0) is 10.8. The summed E-state index contributed by atoms with van der Waals surface area (Å²) in [5.74, 6) is 0.291.